The van der Waals surface area contributed by atoms with Crippen LogP contribution in [0.15, 0.2) is 48.5 Å². The molecule has 1 fully saturated rings. The molecule has 0 radical (unpaired) electrons. The number of hydrogen-bond donors (Lipinski definition) is 0. The summed E-state index contributed by atoms with van der Waals surface area (Å²) < 4.78 is 19.1. The number of anilines is 1. The molecule has 0 unspecified atom stereocenters. The molecule has 4 rings (SSSR count). The number of amides is 1. The van der Waals surface area contributed by atoms with Gasteiger partial charge in [0.15, 0.2) is 0 Å². The van der Waals surface area contributed by atoms with Crippen LogP contribution in [0.25, 0.3) is 0 Å². The molecule has 3 aromatic rings. The van der Waals surface area contributed by atoms with Crippen molar-refractivity contribution in [3.05, 3.63) is 82.6 Å². The standard InChI is InChI=1S/C27H31FN4O2/c1-4-25-24(17-20-8-5-10-22(28)16-20)26(30-19(2)29-25)31-12-7-13-32(15-14-31)27(33)21-9-6-11-23(18-21)34-3/h5-6,8-11,16,18H,4,7,12-15,17H2,1-3H3. The molecule has 1 aliphatic rings. The molecular formula is C27H31FN4O2. The van der Waals surface area contributed by atoms with E-state index in [9.17, 15) is 9.18 Å². The van der Waals surface area contributed by atoms with Gasteiger partial charge in [0.25, 0.3) is 5.91 Å². The number of carbonyl (C=O) groups excluding carboxylic acids is 1. The summed E-state index contributed by atoms with van der Waals surface area (Å²) >= 11 is 0. The molecule has 1 amide bonds. The van der Waals surface area contributed by atoms with Crippen molar-refractivity contribution in [2.75, 3.05) is 38.2 Å². The third kappa shape index (κ3) is 5.35. The van der Waals surface area contributed by atoms with Crippen LogP contribution >= 0.6 is 0 Å². The minimum Gasteiger partial charge on any atom is -0.497 e. The zero-order chi connectivity index (χ0) is 24.1. The minimum absolute atomic E-state index is 0.00819. The highest BCUT2D eigenvalue weighted by Gasteiger charge is 2.24. The number of hydrogen-bond acceptors (Lipinski definition) is 5. The highest BCUT2D eigenvalue weighted by Crippen LogP contribution is 2.26. The van der Waals surface area contributed by atoms with Gasteiger partial charge in [0.05, 0.1) is 7.11 Å². The highest BCUT2D eigenvalue weighted by atomic mass is 19.1. The molecule has 2 aromatic carbocycles. The topological polar surface area (TPSA) is 58.6 Å². The number of aromatic nitrogens is 2. The van der Waals surface area contributed by atoms with Crippen LogP contribution in [0, 0.1) is 12.7 Å². The first-order valence-electron chi connectivity index (χ1n) is 11.8. The number of halogens is 1. The van der Waals surface area contributed by atoms with Gasteiger partial charge >= 0.3 is 0 Å². The van der Waals surface area contributed by atoms with E-state index in [1.165, 1.54) is 6.07 Å². The maximum absolute atomic E-state index is 13.8. The van der Waals surface area contributed by atoms with Crippen molar-refractivity contribution in [1.82, 2.24) is 14.9 Å². The monoisotopic (exact) mass is 462 g/mol. The van der Waals surface area contributed by atoms with Crippen molar-refractivity contribution in [2.24, 2.45) is 0 Å². The first-order valence-corrected chi connectivity index (χ1v) is 11.8. The third-order valence-corrected chi connectivity index (χ3v) is 6.19. The maximum Gasteiger partial charge on any atom is 0.254 e. The van der Waals surface area contributed by atoms with Gasteiger partial charge in [-0.05, 0) is 55.7 Å². The van der Waals surface area contributed by atoms with Crippen molar-refractivity contribution in [3.8, 4) is 5.75 Å². The summed E-state index contributed by atoms with van der Waals surface area (Å²) in [5, 5.41) is 0. The van der Waals surface area contributed by atoms with Crippen LogP contribution < -0.4 is 9.64 Å². The average Bonchev–Trinajstić information content (AvgIpc) is 3.10. The van der Waals surface area contributed by atoms with Crippen LogP contribution in [0.1, 0.15) is 46.3 Å². The van der Waals surface area contributed by atoms with E-state index in [0.29, 0.717) is 37.4 Å². The van der Waals surface area contributed by atoms with Crippen molar-refractivity contribution >= 4 is 11.7 Å². The van der Waals surface area contributed by atoms with Crippen LogP contribution in [0.3, 0.4) is 0 Å². The maximum atomic E-state index is 13.8. The Labute approximate surface area is 200 Å². The molecular weight excluding hydrogens is 431 g/mol. The lowest BCUT2D eigenvalue weighted by atomic mass is 10.0. The molecule has 1 saturated heterocycles. The number of nitrogens with zero attached hydrogens (tertiary/aromatic N) is 4. The minimum atomic E-state index is -0.244. The highest BCUT2D eigenvalue weighted by molar-refractivity contribution is 5.94. The first-order chi connectivity index (χ1) is 16.5. The van der Waals surface area contributed by atoms with E-state index in [-0.39, 0.29) is 11.7 Å². The van der Waals surface area contributed by atoms with E-state index in [0.717, 1.165) is 47.8 Å². The fraction of sp³-hybridized carbons (Fsp3) is 0.370. The molecule has 0 bridgehead atoms. The Morgan fingerprint density at radius 2 is 1.88 bits per heavy atom. The van der Waals surface area contributed by atoms with Gasteiger partial charge in [-0.15, -0.1) is 0 Å². The van der Waals surface area contributed by atoms with Crippen LogP contribution in [0.2, 0.25) is 0 Å². The van der Waals surface area contributed by atoms with E-state index in [1.807, 2.05) is 36.1 Å². The molecule has 0 N–H and O–H groups in total. The number of aryl methyl sites for hydroxylation is 2. The van der Waals surface area contributed by atoms with Crippen molar-refractivity contribution in [2.45, 2.75) is 33.1 Å². The quantitative estimate of drug-likeness (QED) is 0.542. The average molecular weight is 463 g/mol. The molecule has 34 heavy (non-hydrogen) atoms. The molecule has 178 valence electrons. The molecule has 1 aliphatic heterocycles. The Bertz CT molecular complexity index is 1170. The van der Waals surface area contributed by atoms with Crippen LogP contribution in [-0.2, 0) is 12.8 Å². The number of rotatable bonds is 6. The summed E-state index contributed by atoms with van der Waals surface area (Å²) in [5.74, 6) is 2.06. The second kappa shape index (κ2) is 10.6. The molecule has 7 heteroatoms. The lowest BCUT2D eigenvalue weighted by Crippen LogP contribution is -2.35. The summed E-state index contributed by atoms with van der Waals surface area (Å²) in [6.45, 7) is 6.72. The largest absolute Gasteiger partial charge is 0.497 e. The second-order valence-electron chi connectivity index (χ2n) is 8.54. The van der Waals surface area contributed by atoms with E-state index in [1.54, 1.807) is 25.3 Å². The fourth-order valence-electron chi connectivity index (χ4n) is 4.49. The lowest BCUT2D eigenvalue weighted by Gasteiger charge is -2.26. The Balaban J connectivity index is 1.58. The van der Waals surface area contributed by atoms with E-state index in [2.05, 4.69) is 16.8 Å². The second-order valence-corrected chi connectivity index (χ2v) is 8.54. The van der Waals surface area contributed by atoms with Gasteiger partial charge in [0, 0.05) is 49.4 Å². The Morgan fingerprint density at radius 3 is 2.65 bits per heavy atom. The number of carbonyl (C=O) groups is 1. The molecule has 0 spiro atoms. The number of benzene rings is 2. The summed E-state index contributed by atoms with van der Waals surface area (Å²) in [5.41, 5.74) is 3.55. The van der Waals surface area contributed by atoms with Crippen molar-refractivity contribution in [3.63, 3.8) is 0 Å². The van der Waals surface area contributed by atoms with Crippen LogP contribution in [-0.4, -0.2) is 54.1 Å². The molecule has 0 saturated carbocycles. The van der Waals surface area contributed by atoms with Gasteiger partial charge in [-0.2, -0.15) is 0 Å². The summed E-state index contributed by atoms with van der Waals surface area (Å²) in [6, 6.07) is 14.0. The molecule has 2 heterocycles. The summed E-state index contributed by atoms with van der Waals surface area (Å²) in [6.07, 6.45) is 2.18. The van der Waals surface area contributed by atoms with Crippen LogP contribution in [0.4, 0.5) is 10.2 Å². The van der Waals surface area contributed by atoms with Gasteiger partial charge < -0.3 is 14.5 Å². The predicted octanol–water partition coefficient (Wildman–Crippen LogP) is 4.44. The van der Waals surface area contributed by atoms with Gasteiger partial charge in [0.2, 0.25) is 0 Å². The Morgan fingerprint density at radius 1 is 1.06 bits per heavy atom. The summed E-state index contributed by atoms with van der Waals surface area (Å²) in [4.78, 5) is 26.8. The molecule has 0 atom stereocenters. The van der Waals surface area contributed by atoms with Gasteiger partial charge in [0.1, 0.15) is 23.2 Å². The number of ether oxygens (including phenoxy) is 1. The fourth-order valence-corrected chi connectivity index (χ4v) is 4.49. The molecule has 6 nitrogen and oxygen atoms in total. The third-order valence-electron chi connectivity index (χ3n) is 6.19. The smallest absolute Gasteiger partial charge is 0.254 e. The lowest BCUT2D eigenvalue weighted by molar-refractivity contribution is 0.0766. The van der Waals surface area contributed by atoms with Crippen LogP contribution in [0.5, 0.6) is 5.75 Å². The first kappa shape index (κ1) is 23.7. The predicted molar refractivity (Wildman–Crippen MR) is 131 cm³/mol. The Hall–Kier alpha value is -3.48. The Kier molecular flexibility index (Phi) is 7.40. The van der Waals surface area contributed by atoms with Gasteiger partial charge in [-0.25, -0.2) is 14.4 Å². The number of methoxy groups -OCH3 is 1. The van der Waals surface area contributed by atoms with Crippen molar-refractivity contribution in [1.29, 1.82) is 0 Å². The van der Waals surface area contributed by atoms with Gasteiger partial charge in [-0.1, -0.05) is 25.1 Å². The molecule has 1 aromatic heterocycles. The van der Waals surface area contributed by atoms with E-state index >= 15 is 0 Å². The zero-order valence-corrected chi connectivity index (χ0v) is 20.1. The normalized spacial score (nSPS) is 14.1. The van der Waals surface area contributed by atoms with Crippen molar-refractivity contribution < 1.29 is 13.9 Å². The molecule has 0 aliphatic carbocycles. The SMILES string of the molecule is CCc1nc(C)nc(N2CCCN(C(=O)c3cccc(OC)c3)CC2)c1Cc1cccc(F)c1. The van der Waals surface area contributed by atoms with E-state index in [4.69, 9.17) is 9.72 Å². The zero-order valence-electron chi connectivity index (χ0n) is 20.1. The van der Waals surface area contributed by atoms with Gasteiger partial charge in [-0.3, -0.25) is 4.79 Å². The van der Waals surface area contributed by atoms with E-state index < -0.39 is 0 Å². The summed E-state index contributed by atoms with van der Waals surface area (Å²) in [7, 11) is 1.60.